The van der Waals surface area contributed by atoms with Gasteiger partial charge in [0, 0.05) is 94.2 Å². The largest absolute Gasteiger partial charge is 0.494 e. The number of ether oxygens (including phenoxy) is 1. The van der Waals surface area contributed by atoms with Crippen LogP contribution in [-0.4, -0.2) is 131 Å². The zero-order valence-corrected chi connectivity index (χ0v) is 41.9. The first-order chi connectivity index (χ1) is 32.8. The lowest BCUT2D eigenvalue weighted by atomic mass is 9.98. The molecule has 18 heteroatoms. The number of anilines is 5. The fourth-order valence-corrected chi connectivity index (χ4v) is 12.1. The number of imide groups is 1. The molecule has 0 bridgehead atoms. The third-order valence-corrected chi connectivity index (χ3v) is 16.1. The van der Waals surface area contributed by atoms with E-state index in [1.807, 2.05) is 24.3 Å². The molecule has 16 nitrogen and oxygen atoms in total. The molecular formula is C50H61BrN11O5P. The number of piperazine rings is 1. The molecule has 3 fully saturated rings. The van der Waals surface area contributed by atoms with Crippen molar-refractivity contribution in [1.29, 1.82) is 0 Å². The third-order valence-electron chi connectivity index (χ3n) is 14.0. The summed E-state index contributed by atoms with van der Waals surface area (Å²) in [6, 6.07) is 13.9. The van der Waals surface area contributed by atoms with E-state index in [0.717, 1.165) is 94.7 Å². The zero-order valence-electron chi connectivity index (χ0n) is 39.4. The van der Waals surface area contributed by atoms with Gasteiger partial charge in [-0.15, -0.1) is 0 Å². The monoisotopic (exact) mass is 1010 g/mol. The number of halogens is 1. The van der Waals surface area contributed by atoms with Gasteiger partial charge in [-0.2, -0.15) is 4.98 Å². The van der Waals surface area contributed by atoms with Crippen LogP contribution in [0.15, 0.2) is 65.5 Å². The van der Waals surface area contributed by atoms with Gasteiger partial charge in [-0.1, -0.05) is 25.0 Å². The van der Waals surface area contributed by atoms with Crippen LogP contribution >= 0.6 is 23.1 Å². The minimum absolute atomic E-state index is 0.105. The number of aryl methyl sites for hydroxylation is 2. The van der Waals surface area contributed by atoms with Crippen LogP contribution in [0.3, 0.4) is 0 Å². The van der Waals surface area contributed by atoms with Crippen molar-refractivity contribution in [1.82, 2.24) is 40.0 Å². The standard InChI is InChI=1S/C50H61BrN11O5P/c1-32-28-40(56-50-54-30-37(51)47(58-50)55-39-14-13-38-45(53-20-19-52-38)46(39)68(3,4)66)43(67-2)29-42(32)61-22-17-34(18-23-61)60-26-24-59(25-27-60)21-8-6-5-7-10-33-11-9-12-35-36(33)31-62(49(35)65)41-15-16-44(63)57-48(41)64/h9,11-14,19-20,28-30,34,41H,5-8,10,15-18,21-27,31H2,1-4H3,(H,57,63,64)(H2,54,55,56,58). The topological polar surface area (TPSA) is 178 Å². The van der Waals surface area contributed by atoms with Crippen LogP contribution in [0, 0.1) is 6.92 Å². The van der Waals surface area contributed by atoms with E-state index in [-0.39, 0.29) is 24.1 Å². The normalized spacial score (nSPS) is 18.5. The Balaban J connectivity index is 0.719. The number of methoxy groups -OCH3 is 1. The van der Waals surface area contributed by atoms with Crippen molar-refractivity contribution >= 4 is 86.0 Å². The number of benzene rings is 3. The molecule has 4 aliphatic heterocycles. The Morgan fingerprint density at radius 2 is 1.66 bits per heavy atom. The highest BCUT2D eigenvalue weighted by molar-refractivity contribution is 9.10. The molecule has 6 heterocycles. The summed E-state index contributed by atoms with van der Waals surface area (Å²) in [7, 11) is -1.08. The van der Waals surface area contributed by atoms with E-state index in [1.165, 1.54) is 24.1 Å². The number of rotatable bonds is 16. The summed E-state index contributed by atoms with van der Waals surface area (Å²) in [5, 5.41) is 9.78. The van der Waals surface area contributed by atoms with Crippen molar-refractivity contribution in [2.24, 2.45) is 0 Å². The fraction of sp³-hybridized carbons (Fsp3) is 0.460. The molecule has 3 aromatic carbocycles. The Bertz CT molecular complexity index is 2750. The van der Waals surface area contributed by atoms with Crippen LogP contribution in [0.4, 0.5) is 28.8 Å². The molecule has 358 valence electrons. The van der Waals surface area contributed by atoms with E-state index < -0.39 is 13.2 Å². The Morgan fingerprint density at radius 1 is 0.882 bits per heavy atom. The molecule has 68 heavy (non-hydrogen) atoms. The summed E-state index contributed by atoms with van der Waals surface area (Å²) in [6.07, 6.45) is 13.3. The van der Waals surface area contributed by atoms with Gasteiger partial charge in [-0.25, -0.2) is 4.98 Å². The van der Waals surface area contributed by atoms with Gasteiger partial charge < -0.3 is 34.6 Å². The van der Waals surface area contributed by atoms with Crippen LogP contribution in [0.5, 0.6) is 5.75 Å². The molecule has 0 radical (unpaired) electrons. The van der Waals surface area contributed by atoms with E-state index in [2.05, 4.69) is 86.7 Å². The number of carbonyl (C=O) groups excluding carboxylic acids is 3. The molecule has 3 saturated heterocycles. The van der Waals surface area contributed by atoms with Crippen LogP contribution in [0.1, 0.15) is 78.4 Å². The van der Waals surface area contributed by atoms with Gasteiger partial charge in [-0.05, 0) is 122 Å². The molecule has 5 aromatic rings. The van der Waals surface area contributed by atoms with Gasteiger partial charge in [0.15, 0.2) is 0 Å². The maximum absolute atomic E-state index is 13.5. The number of carbonyl (C=O) groups is 3. The molecule has 1 atom stereocenters. The van der Waals surface area contributed by atoms with Crippen LogP contribution in [-0.2, 0) is 27.1 Å². The average Bonchev–Trinajstić information content (AvgIpc) is 3.67. The zero-order chi connectivity index (χ0) is 47.5. The van der Waals surface area contributed by atoms with Crippen LogP contribution < -0.4 is 30.9 Å². The quantitative estimate of drug-likeness (QED) is 0.0507. The van der Waals surface area contributed by atoms with Gasteiger partial charge in [-0.3, -0.25) is 34.6 Å². The smallest absolute Gasteiger partial charge is 0.255 e. The number of nitrogens with one attached hydrogen (secondary N) is 3. The predicted molar refractivity (Wildman–Crippen MR) is 271 cm³/mol. The summed E-state index contributed by atoms with van der Waals surface area (Å²) in [6.45, 7) is 13.6. The van der Waals surface area contributed by atoms with Crippen molar-refractivity contribution < 1.29 is 23.7 Å². The average molecular weight is 1010 g/mol. The summed E-state index contributed by atoms with van der Waals surface area (Å²) >= 11 is 3.60. The summed E-state index contributed by atoms with van der Waals surface area (Å²) in [4.78, 5) is 65.1. The summed E-state index contributed by atoms with van der Waals surface area (Å²) in [5.41, 5.74) is 7.93. The Labute approximate surface area is 406 Å². The Hall–Kier alpha value is -5.48. The number of aromatic nitrogens is 4. The molecule has 1 unspecified atom stereocenters. The first-order valence-corrected chi connectivity index (χ1v) is 27.3. The van der Waals surface area contributed by atoms with Gasteiger partial charge in [0.05, 0.1) is 33.8 Å². The summed E-state index contributed by atoms with van der Waals surface area (Å²) < 4.78 is 20.1. The van der Waals surface area contributed by atoms with E-state index in [0.29, 0.717) is 68.6 Å². The van der Waals surface area contributed by atoms with Crippen molar-refractivity contribution in [3.8, 4) is 5.75 Å². The van der Waals surface area contributed by atoms with Crippen LogP contribution in [0.25, 0.3) is 11.0 Å². The Morgan fingerprint density at radius 3 is 2.43 bits per heavy atom. The summed E-state index contributed by atoms with van der Waals surface area (Å²) in [5.74, 6) is 0.858. The number of unbranched alkanes of at least 4 members (excludes halogenated alkanes) is 3. The van der Waals surface area contributed by atoms with E-state index in [4.69, 9.17) is 9.72 Å². The fourth-order valence-electron chi connectivity index (χ4n) is 10.4. The minimum atomic E-state index is -2.77. The molecule has 0 aliphatic carbocycles. The van der Waals surface area contributed by atoms with Gasteiger partial charge in [0.2, 0.25) is 17.8 Å². The first kappa shape index (κ1) is 47.6. The molecule has 3 amide bonds. The first-order valence-electron chi connectivity index (χ1n) is 23.9. The second-order valence-electron chi connectivity index (χ2n) is 18.8. The number of piperidine rings is 2. The number of amides is 3. The third kappa shape index (κ3) is 10.4. The van der Waals surface area contributed by atoms with E-state index in [1.54, 1.807) is 43.9 Å². The van der Waals surface area contributed by atoms with Gasteiger partial charge in [0.1, 0.15) is 30.3 Å². The van der Waals surface area contributed by atoms with Gasteiger partial charge in [0.25, 0.3) is 5.91 Å². The number of fused-ring (bicyclic) bond motifs is 2. The highest BCUT2D eigenvalue weighted by atomic mass is 79.9. The van der Waals surface area contributed by atoms with Crippen molar-refractivity contribution in [2.45, 2.75) is 83.3 Å². The SMILES string of the molecule is COc1cc(N2CCC(N3CCN(CCCCCCc4cccc5c4CN(C4CCC(=O)NC4=O)C5=O)CC3)CC2)c(C)cc1Nc1ncc(Br)c(Nc2ccc3nccnc3c2P(C)(C)=O)n1. The highest BCUT2D eigenvalue weighted by Gasteiger charge is 2.40. The van der Waals surface area contributed by atoms with Crippen molar-refractivity contribution in [2.75, 3.05) is 81.8 Å². The molecular weight excluding hydrogens is 945 g/mol. The van der Waals surface area contributed by atoms with Crippen LogP contribution in [0.2, 0.25) is 0 Å². The molecule has 2 aromatic heterocycles. The molecule has 3 N–H and O–H groups in total. The number of hydrogen-bond donors (Lipinski definition) is 3. The number of hydrogen-bond acceptors (Lipinski definition) is 14. The van der Waals surface area contributed by atoms with Gasteiger partial charge >= 0.3 is 0 Å². The molecule has 0 saturated carbocycles. The van der Waals surface area contributed by atoms with Crippen molar-refractivity contribution in [3.05, 3.63) is 87.8 Å². The lowest BCUT2D eigenvalue weighted by Gasteiger charge is -2.43. The molecule has 9 rings (SSSR count). The maximum Gasteiger partial charge on any atom is 0.255 e. The number of nitrogens with zero attached hydrogens (tertiary/aromatic N) is 8. The highest BCUT2D eigenvalue weighted by Crippen LogP contribution is 2.42. The Kier molecular flexibility index (Phi) is 14.4. The second kappa shape index (κ2) is 20.6. The predicted octanol–water partition coefficient (Wildman–Crippen LogP) is 7.39. The molecule has 4 aliphatic rings. The van der Waals surface area contributed by atoms with E-state index >= 15 is 0 Å². The van der Waals surface area contributed by atoms with Crippen molar-refractivity contribution in [3.63, 3.8) is 0 Å². The lowest BCUT2D eigenvalue weighted by Crippen LogP contribution is -2.53. The lowest BCUT2D eigenvalue weighted by molar-refractivity contribution is -0.136. The van der Waals surface area contributed by atoms with E-state index in [9.17, 15) is 18.9 Å². The molecule has 0 spiro atoms. The second-order valence-corrected chi connectivity index (χ2v) is 22.8. The minimum Gasteiger partial charge on any atom is -0.494 e. The maximum atomic E-state index is 13.5.